The molecule has 0 unspecified atom stereocenters. The van der Waals surface area contributed by atoms with Crippen LogP contribution in [0.15, 0.2) is 114 Å². The van der Waals surface area contributed by atoms with Gasteiger partial charge in [0.1, 0.15) is 11.4 Å². The molecule has 6 nitrogen and oxygen atoms in total. The van der Waals surface area contributed by atoms with Crippen molar-refractivity contribution < 1.29 is 9.21 Å². The van der Waals surface area contributed by atoms with Crippen LogP contribution >= 0.6 is 11.6 Å². The van der Waals surface area contributed by atoms with E-state index < -0.39 is 0 Å². The van der Waals surface area contributed by atoms with Gasteiger partial charge in [0.15, 0.2) is 5.76 Å². The first-order valence-corrected chi connectivity index (χ1v) is 13.1. The third kappa shape index (κ3) is 4.88. The van der Waals surface area contributed by atoms with E-state index >= 15 is 0 Å². The van der Waals surface area contributed by atoms with Gasteiger partial charge in [0.2, 0.25) is 0 Å². The van der Waals surface area contributed by atoms with E-state index in [-0.39, 0.29) is 11.9 Å². The maximum Gasteiger partial charge on any atom is 0.272 e. The van der Waals surface area contributed by atoms with Crippen molar-refractivity contribution in [2.24, 2.45) is 0 Å². The largest absolute Gasteiger partial charge is 0.463 e. The summed E-state index contributed by atoms with van der Waals surface area (Å²) in [5.41, 5.74) is 4.38. The topological polar surface area (TPSA) is 54.5 Å². The first-order valence-electron chi connectivity index (χ1n) is 12.7. The summed E-state index contributed by atoms with van der Waals surface area (Å²) in [6, 6.07) is 34.0. The summed E-state index contributed by atoms with van der Waals surface area (Å²) >= 11 is 6.11. The minimum absolute atomic E-state index is 0.0547. The van der Waals surface area contributed by atoms with Crippen LogP contribution in [0.2, 0.25) is 5.02 Å². The number of piperazine rings is 1. The number of benzene rings is 3. The summed E-state index contributed by atoms with van der Waals surface area (Å²) in [6.07, 6.45) is 1.60. The lowest BCUT2D eigenvalue weighted by Crippen LogP contribution is -2.50. The van der Waals surface area contributed by atoms with Crippen molar-refractivity contribution in [2.45, 2.75) is 6.04 Å². The molecule has 5 aromatic rings. The molecule has 1 saturated heterocycles. The molecular formula is C31H27ClN4O2. The summed E-state index contributed by atoms with van der Waals surface area (Å²) in [5, 5.41) is 5.34. The SMILES string of the molecule is O=C(c1cc(-c2ccco2)nn1-c1ccc(Cl)cc1)N1CCN(C(c2ccccc2)c2ccccc2)CC1. The van der Waals surface area contributed by atoms with E-state index in [4.69, 9.17) is 21.1 Å². The Labute approximate surface area is 226 Å². The average molecular weight is 523 g/mol. The van der Waals surface area contributed by atoms with Crippen molar-refractivity contribution in [2.75, 3.05) is 26.2 Å². The fraction of sp³-hybridized carbons (Fsp3) is 0.161. The Morgan fingerprint density at radius 2 is 1.42 bits per heavy atom. The molecule has 1 aliphatic rings. The summed E-state index contributed by atoms with van der Waals surface area (Å²) in [4.78, 5) is 18.2. The maximum absolute atomic E-state index is 13.9. The molecule has 1 amide bonds. The number of halogens is 1. The molecule has 0 atom stereocenters. The number of amides is 1. The molecule has 0 N–H and O–H groups in total. The number of carbonyl (C=O) groups excluding carboxylic acids is 1. The van der Waals surface area contributed by atoms with Crippen LogP contribution in [0.1, 0.15) is 27.7 Å². The number of rotatable bonds is 6. The third-order valence-electron chi connectivity index (χ3n) is 6.97. The van der Waals surface area contributed by atoms with Gasteiger partial charge >= 0.3 is 0 Å². The molecule has 6 rings (SSSR count). The van der Waals surface area contributed by atoms with Crippen LogP contribution in [0, 0.1) is 0 Å². The minimum Gasteiger partial charge on any atom is -0.463 e. The van der Waals surface area contributed by atoms with Gasteiger partial charge < -0.3 is 9.32 Å². The van der Waals surface area contributed by atoms with Gasteiger partial charge in [-0.1, -0.05) is 72.3 Å². The zero-order chi connectivity index (χ0) is 25.9. The quantitative estimate of drug-likeness (QED) is 0.261. The molecule has 0 spiro atoms. The fourth-order valence-electron chi connectivity index (χ4n) is 5.09. The van der Waals surface area contributed by atoms with Crippen LogP contribution in [0.4, 0.5) is 0 Å². The predicted molar refractivity (Wildman–Crippen MR) is 148 cm³/mol. The lowest BCUT2D eigenvalue weighted by Gasteiger charge is -2.39. The van der Waals surface area contributed by atoms with Gasteiger partial charge in [-0.15, -0.1) is 0 Å². The van der Waals surface area contributed by atoms with Gasteiger partial charge in [-0.2, -0.15) is 5.10 Å². The van der Waals surface area contributed by atoms with Crippen molar-refractivity contribution in [3.63, 3.8) is 0 Å². The van der Waals surface area contributed by atoms with E-state index in [1.54, 1.807) is 29.1 Å². The Kier molecular flexibility index (Phi) is 6.82. The Morgan fingerprint density at radius 3 is 2.00 bits per heavy atom. The third-order valence-corrected chi connectivity index (χ3v) is 7.22. The molecule has 0 bridgehead atoms. The molecule has 3 heterocycles. The first kappa shape index (κ1) is 24.2. The summed E-state index contributed by atoms with van der Waals surface area (Å²) < 4.78 is 7.24. The monoisotopic (exact) mass is 522 g/mol. The van der Waals surface area contributed by atoms with Crippen LogP contribution in [-0.2, 0) is 0 Å². The molecule has 0 aliphatic carbocycles. The molecule has 1 aliphatic heterocycles. The summed E-state index contributed by atoms with van der Waals surface area (Å²) in [7, 11) is 0. The smallest absolute Gasteiger partial charge is 0.272 e. The zero-order valence-electron chi connectivity index (χ0n) is 20.8. The minimum atomic E-state index is -0.0547. The number of hydrogen-bond donors (Lipinski definition) is 0. The highest BCUT2D eigenvalue weighted by Crippen LogP contribution is 2.30. The van der Waals surface area contributed by atoms with Gasteiger partial charge in [0.05, 0.1) is 18.0 Å². The Morgan fingerprint density at radius 1 is 0.789 bits per heavy atom. The molecule has 190 valence electrons. The highest BCUT2D eigenvalue weighted by molar-refractivity contribution is 6.30. The standard InChI is InChI=1S/C31H27ClN4O2/c32-25-13-15-26(16-14-25)36-28(22-27(33-36)29-12-7-21-38-29)31(37)35-19-17-34(18-20-35)30(23-8-3-1-4-9-23)24-10-5-2-6-11-24/h1-16,21-22,30H,17-20H2. The molecular weight excluding hydrogens is 496 g/mol. The van der Waals surface area contributed by atoms with E-state index in [0.717, 1.165) is 18.8 Å². The van der Waals surface area contributed by atoms with Gasteiger partial charge in [-0.05, 0) is 47.5 Å². The second-order valence-electron chi connectivity index (χ2n) is 9.33. The first-order chi connectivity index (χ1) is 18.7. The Hall–Kier alpha value is -4.13. The number of nitrogens with zero attached hydrogens (tertiary/aromatic N) is 4. The number of furan rings is 1. The van der Waals surface area contributed by atoms with E-state index in [1.807, 2.05) is 41.3 Å². The number of aromatic nitrogens is 2. The second kappa shape index (κ2) is 10.7. The van der Waals surface area contributed by atoms with Crippen molar-refractivity contribution >= 4 is 17.5 Å². The van der Waals surface area contributed by atoms with Crippen LogP contribution in [0.3, 0.4) is 0 Å². The molecule has 3 aromatic carbocycles. The molecule has 1 fully saturated rings. The average Bonchev–Trinajstić information content (AvgIpc) is 3.66. The van der Waals surface area contributed by atoms with E-state index in [2.05, 4.69) is 53.4 Å². The molecule has 0 saturated carbocycles. The highest BCUT2D eigenvalue weighted by atomic mass is 35.5. The second-order valence-corrected chi connectivity index (χ2v) is 9.77. The van der Waals surface area contributed by atoms with Crippen molar-refractivity contribution in [3.8, 4) is 17.1 Å². The van der Waals surface area contributed by atoms with Crippen LogP contribution in [0.5, 0.6) is 0 Å². The van der Waals surface area contributed by atoms with Crippen molar-refractivity contribution in [1.29, 1.82) is 0 Å². The zero-order valence-corrected chi connectivity index (χ0v) is 21.5. The van der Waals surface area contributed by atoms with Gasteiger partial charge in [0, 0.05) is 37.3 Å². The number of carbonyl (C=O) groups is 1. The van der Waals surface area contributed by atoms with Crippen molar-refractivity contribution in [3.05, 3.63) is 131 Å². The lowest BCUT2D eigenvalue weighted by molar-refractivity contribution is 0.0589. The Balaban J connectivity index is 1.26. The van der Waals surface area contributed by atoms with E-state index in [1.165, 1.54) is 11.1 Å². The summed E-state index contributed by atoms with van der Waals surface area (Å²) in [6.45, 7) is 2.77. The summed E-state index contributed by atoms with van der Waals surface area (Å²) in [5.74, 6) is 0.561. The normalized spacial score (nSPS) is 14.2. The molecule has 7 heteroatoms. The van der Waals surface area contributed by atoms with Crippen LogP contribution in [-0.4, -0.2) is 51.7 Å². The van der Waals surface area contributed by atoms with Gasteiger partial charge in [-0.3, -0.25) is 9.69 Å². The van der Waals surface area contributed by atoms with Crippen LogP contribution in [0.25, 0.3) is 17.1 Å². The fourth-order valence-corrected chi connectivity index (χ4v) is 5.21. The molecule has 2 aromatic heterocycles. The van der Waals surface area contributed by atoms with Gasteiger partial charge in [0.25, 0.3) is 5.91 Å². The highest BCUT2D eigenvalue weighted by Gasteiger charge is 2.30. The predicted octanol–water partition coefficient (Wildman–Crippen LogP) is 6.33. The number of hydrogen-bond acceptors (Lipinski definition) is 4. The maximum atomic E-state index is 13.9. The van der Waals surface area contributed by atoms with Gasteiger partial charge in [-0.25, -0.2) is 4.68 Å². The molecule has 38 heavy (non-hydrogen) atoms. The van der Waals surface area contributed by atoms with E-state index in [0.29, 0.717) is 35.3 Å². The lowest BCUT2D eigenvalue weighted by atomic mass is 9.96. The Bertz CT molecular complexity index is 1450. The molecule has 0 radical (unpaired) electrons. The van der Waals surface area contributed by atoms with E-state index in [9.17, 15) is 4.79 Å². The van der Waals surface area contributed by atoms with Crippen molar-refractivity contribution in [1.82, 2.24) is 19.6 Å². The van der Waals surface area contributed by atoms with Crippen LogP contribution < -0.4 is 0 Å².